The topological polar surface area (TPSA) is 64.6 Å². The van der Waals surface area contributed by atoms with Gasteiger partial charge < -0.3 is 9.47 Å². The van der Waals surface area contributed by atoms with Gasteiger partial charge in [0, 0.05) is 12.7 Å². The Morgan fingerprint density at radius 1 is 1.38 bits per heavy atom. The van der Waals surface area contributed by atoms with Crippen LogP contribution in [0, 0.1) is 0 Å². The van der Waals surface area contributed by atoms with Crippen LogP contribution < -0.4 is 5.32 Å². The van der Waals surface area contributed by atoms with E-state index in [9.17, 15) is 9.59 Å². The lowest BCUT2D eigenvalue weighted by Crippen LogP contribution is -2.32. The van der Waals surface area contributed by atoms with E-state index in [1.54, 1.807) is 0 Å². The van der Waals surface area contributed by atoms with E-state index >= 15 is 0 Å². The predicted molar refractivity (Wildman–Crippen MR) is 46.2 cm³/mol. The molecule has 0 rings (SSSR count). The molecule has 5 heteroatoms. The van der Waals surface area contributed by atoms with Crippen LogP contribution in [0.15, 0.2) is 12.2 Å². The van der Waals surface area contributed by atoms with Crippen LogP contribution in [-0.2, 0) is 14.3 Å². The van der Waals surface area contributed by atoms with Crippen LogP contribution in [-0.4, -0.2) is 32.3 Å². The first-order valence-corrected chi connectivity index (χ1v) is 3.70. The van der Waals surface area contributed by atoms with Gasteiger partial charge in [-0.15, -0.1) is 0 Å². The molecule has 0 heterocycles. The van der Waals surface area contributed by atoms with Crippen molar-refractivity contribution in [2.24, 2.45) is 0 Å². The lowest BCUT2D eigenvalue weighted by atomic mass is 10.3. The first-order chi connectivity index (χ1) is 6.07. The third kappa shape index (κ3) is 5.86. The SMILES string of the molecule is C=C(C)C(=O)NC(=O)OCCOC. The molecule has 0 spiro atoms. The highest BCUT2D eigenvalue weighted by Crippen LogP contribution is 1.86. The average Bonchev–Trinajstić information content (AvgIpc) is 2.04. The van der Waals surface area contributed by atoms with Gasteiger partial charge in [-0.2, -0.15) is 0 Å². The van der Waals surface area contributed by atoms with E-state index in [1.807, 2.05) is 5.32 Å². The fourth-order valence-corrected chi connectivity index (χ4v) is 0.453. The molecular weight excluding hydrogens is 174 g/mol. The minimum Gasteiger partial charge on any atom is -0.447 e. The summed E-state index contributed by atoms with van der Waals surface area (Å²) in [5, 5.41) is 1.98. The number of ether oxygens (including phenoxy) is 2. The minimum atomic E-state index is -0.787. The van der Waals surface area contributed by atoms with E-state index in [0.29, 0.717) is 6.61 Å². The van der Waals surface area contributed by atoms with Crippen LogP contribution in [0.2, 0.25) is 0 Å². The lowest BCUT2D eigenvalue weighted by molar-refractivity contribution is -0.116. The average molecular weight is 187 g/mol. The third-order valence-corrected chi connectivity index (χ3v) is 1.12. The van der Waals surface area contributed by atoms with Crippen LogP contribution >= 0.6 is 0 Å². The summed E-state index contributed by atoms with van der Waals surface area (Å²) in [4.78, 5) is 21.6. The molecule has 0 radical (unpaired) electrons. The molecule has 0 aromatic carbocycles. The van der Waals surface area contributed by atoms with Crippen LogP contribution in [0.5, 0.6) is 0 Å². The Bertz CT molecular complexity index is 212. The predicted octanol–water partition coefficient (Wildman–Crippen LogP) is 0.462. The van der Waals surface area contributed by atoms with Crippen molar-refractivity contribution in [2.75, 3.05) is 20.3 Å². The van der Waals surface area contributed by atoms with E-state index < -0.39 is 12.0 Å². The molecule has 5 nitrogen and oxygen atoms in total. The maximum absolute atomic E-state index is 10.8. The standard InChI is InChI=1S/C8H13NO4/c1-6(2)7(10)9-8(11)13-5-4-12-3/h1,4-5H2,2-3H3,(H,9,10,11). The van der Waals surface area contributed by atoms with Crippen molar-refractivity contribution < 1.29 is 19.1 Å². The molecule has 0 aromatic heterocycles. The summed E-state index contributed by atoms with van der Waals surface area (Å²) in [5.74, 6) is -0.539. The Hall–Kier alpha value is -1.36. The molecule has 74 valence electrons. The van der Waals surface area contributed by atoms with Gasteiger partial charge in [0.2, 0.25) is 0 Å². The molecule has 0 fully saturated rings. The number of carbonyl (C=O) groups excluding carboxylic acids is 2. The summed E-state index contributed by atoms with van der Waals surface area (Å²) >= 11 is 0. The zero-order valence-electron chi connectivity index (χ0n) is 7.75. The Morgan fingerprint density at radius 3 is 2.46 bits per heavy atom. The van der Waals surface area contributed by atoms with Crippen LogP contribution in [0.4, 0.5) is 4.79 Å². The van der Waals surface area contributed by atoms with Gasteiger partial charge in [0.1, 0.15) is 6.61 Å². The smallest absolute Gasteiger partial charge is 0.414 e. The summed E-state index contributed by atoms with van der Waals surface area (Å²) in [6.07, 6.45) is -0.787. The molecule has 0 saturated heterocycles. The van der Waals surface area contributed by atoms with Gasteiger partial charge in [-0.3, -0.25) is 10.1 Å². The number of rotatable bonds is 4. The molecule has 0 aliphatic carbocycles. The minimum absolute atomic E-state index is 0.117. The summed E-state index contributed by atoms with van der Waals surface area (Å²) in [7, 11) is 1.49. The van der Waals surface area contributed by atoms with Gasteiger partial charge >= 0.3 is 6.09 Å². The zero-order valence-corrected chi connectivity index (χ0v) is 7.75. The Morgan fingerprint density at radius 2 is 2.00 bits per heavy atom. The number of imide groups is 1. The molecule has 0 aliphatic heterocycles. The quantitative estimate of drug-likeness (QED) is 0.513. The van der Waals surface area contributed by atoms with Crippen molar-refractivity contribution >= 4 is 12.0 Å². The van der Waals surface area contributed by atoms with Crippen molar-refractivity contribution in [2.45, 2.75) is 6.92 Å². The molecule has 0 unspecified atom stereocenters. The second-order valence-corrected chi connectivity index (χ2v) is 2.36. The fourth-order valence-electron chi connectivity index (χ4n) is 0.453. The summed E-state index contributed by atoms with van der Waals surface area (Å²) < 4.78 is 9.20. The van der Waals surface area contributed by atoms with Crippen molar-refractivity contribution in [3.8, 4) is 0 Å². The first-order valence-electron chi connectivity index (χ1n) is 3.70. The van der Waals surface area contributed by atoms with Gasteiger partial charge in [0.15, 0.2) is 0 Å². The molecule has 0 aromatic rings. The van der Waals surface area contributed by atoms with E-state index in [4.69, 9.17) is 0 Å². The molecule has 0 atom stereocenters. The zero-order chi connectivity index (χ0) is 10.3. The van der Waals surface area contributed by atoms with Crippen molar-refractivity contribution in [1.82, 2.24) is 5.32 Å². The number of hydrogen-bond donors (Lipinski definition) is 1. The number of methoxy groups -OCH3 is 1. The van der Waals surface area contributed by atoms with Crippen molar-refractivity contribution in [3.05, 3.63) is 12.2 Å². The number of carbonyl (C=O) groups is 2. The molecule has 13 heavy (non-hydrogen) atoms. The molecule has 2 amide bonds. The summed E-state index contributed by atoms with van der Waals surface area (Å²) in [6.45, 7) is 5.27. The number of alkyl carbamates (subject to hydrolysis) is 1. The number of amides is 2. The van der Waals surface area contributed by atoms with Gasteiger partial charge in [-0.25, -0.2) is 4.79 Å². The van der Waals surface area contributed by atoms with Crippen LogP contribution in [0.3, 0.4) is 0 Å². The molecule has 0 bridgehead atoms. The molecule has 1 N–H and O–H groups in total. The van der Waals surface area contributed by atoms with E-state index in [2.05, 4.69) is 16.1 Å². The van der Waals surface area contributed by atoms with Gasteiger partial charge in [0.05, 0.1) is 6.61 Å². The molecule has 0 saturated carbocycles. The highest BCUT2D eigenvalue weighted by atomic mass is 16.6. The van der Waals surface area contributed by atoms with E-state index in [-0.39, 0.29) is 12.2 Å². The summed E-state index contributed by atoms with van der Waals surface area (Å²) in [6, 6.07) is 0. The van der Waals surface area contributed by atoms with Crippen LogP contribution in [0.1, 0.15) is 6.92 Å². The second-order valence-electron chi connectivity index (χ2n) is 2.36. The molecule has 0 aliphatic rings. The van der Waals surface area contributed by atoms with Gasteiger partial charge in [-0.1, -0.05) is 6.58 Å². The van der Waals surface area contributed by atoms with Crippen molar-refractivity contribution in [3.63, 3.8) is 0 Å². The highest BCUT2D eigenvalue weighted by Gasteiger charge is 2.07. The van der Waals surface area contributed by atoms with E-state index in [0.717, 1.165) is 0 Å². The van der Waals surface area contributed by atoms with Crippen molar-refractivity contribution in [1.29, 1.82) is 0 Å². The Kier molecular flexibility index (Phi) is 5.54. The Balaban J connectivity index is 3.62. The number of nitrogens with one attached hydrogen (secondary N) is 1. The number of hydrogen-bond acceptors (Lipinski definition) is 4. The maximum atomic E-state index is 10.8. The molecular formula is C8H13NO4. The lowest BCUT2D eigenvalue weighted by Gasteiger charge is -2.04. The van der Waals surface area contributed by atoms with Gasteiger partial charge in [0.25, 0.3) is 5.91 Å². The Labute approximate surface area is 76.7 Å². The first kappa shape index (κ1) is 11.6. The maximum Gasteiger partial charge on any atom is 0.414 e. The largest absolute Gasteiger partial charge is 0.447 e. The van der Waals surface area contributed by atoms with Gasteiger partial charge in [-0.05, 0) is 6.92 Å². The van der Waals surface area contributed by atoms with E-state index in [1.165, 1.54) is 14.0 Å². The monoisotopic (exact) mass is 187 g/mol. The fraction of sp³-hybridized carbons (Fsp3) is 0.500. The second kappa shape index (κ2) is 6.19. The highest BCUT2D eigenvalue weighted by molar-refractivity contribution is 6.01. The van der Waals surface area contributed by atoms with Crippen LogP contribution in [0.25, 0.3) is 0 Å². The summed E-state index contributed by atoms with van der Waals surface area (Å²) in [5.41, 5.74) is 0.253. The third-order valence-electron chi connectivity index (χ3n) is 1.12. The normalized spacial score (nSPS) is 9.08.